The van der Waals surface area contributed by atoms with Gasteiger partial charge in [-0.1, -0.05) is 6.07 Å². The molecule has 1 heterocycles. The van der Waals surface area contributed by atoms with Crippen molar-refractivity contribution in [3.63, 3.8) is 0 Å². The van der Waals surface area contributed by atoms with Gasteiger partial charge in [0.2, 0.25) is 5.96 Å². The topological polar surface area (TPSA) is 144 Å². The van der Waals surface area contributed by atoms with Crippen molar-refractivity contribution in [3.05, 3.63) is 18.2 Å². The number of nitrogens with zero attached hydrogens (tertiary/aromatic N) is 4. The first-order chi connectivity index (χ1) is 7.66. The van der Waals surface area contributed by atoms with E-state index in [2.05, 4.69) is 25.4 Å². The second-order valence-electron chi connectivity index (χ2n) is 2.98. The number of H-pyrrole nitrogens is 1. The quantitative estimate of drug-likeness (QED) is 0.365. The number of nitrogens with one attached hydrogen (secondary N) is 1. The van der Waals surface area contributed by atoms with E-state index in [1.807, 2.05) is 0 Å². The van der Waals surface area contributed by atoms with Crippen LogP contribution in [0.5, 0.6) is 0 Å². The van der Waals surface area contributed by atoms with Crippen LogP contribution in [0.2, 0.25) is 0 Å². The summed E-state index contributed by atoms with van der Waals surface area (Å²) in [6.45, 7) is 0. The number of fused-ring (bicyclic) bond motifs is 1. The van der Waals surface area contributed by atoms with Crippen LogP contribution in [0.1, 0.15) is 0 Å². The van der Waals surface area contributed by atoms with E-state index in [4.69, 9.17) is 17.2 Å². The van der Waals surface area contributed by atoms with Crippen LogP contribution in [-0.4, -0.2) is 27.3 Å². The summed E-state index contributed by atoms with van der Waals surface area (Å²) in [5.41, 5.74) is 17.7. The highest BCUT2D eigenvalue weighted by molar-refractivity contribution is 5.96. The van der Waals surface area contributed by atoms with Crippen molar-refractivity contribution in [2.75, 3.05) is 0 Å². The van der Waals surface area contributed by atoms with Crippen molar-refractivity contribution >= 4 is 28.6 Å². The van der Waals surface area contributed by atoms with Gasteiger partial charge in [0.1, 0.15) is 11.0 Å². The number of hydrogen-bond donors (Lipinski definition) is 4. The average molecular weight is 218 g/mol. The van der Waals surface area contributed by atoms with Crippen LogP contribution in [0.15, 0.2) is 28.2 Å². The average Bonchev–Trinajstić information content (AvgIpc) is 2.65. The number of rotatable bonds is 1. The molecule has 16 heavy (non-hydrogen) atoms. The highest BCUT2D eigenvalue weighted by Gasteiger charge is 2.03. The second kappa shape index (κ2) is 3.85. The van der Waals surface area contributed by atoms with Crippen LogP contribution in [0.4, 0.5) is 5.69 Å². The lowest BCUT2D eigenvalue weighted by Gasteiger charge is -1.96. The van der Waals surface area contributed by atoms with Crippen LogP contribution in [0, 0.1) is 0 Å². The summed E-state index contributed by atoms with van der Waals surface area (Å²) in [6, 6.07) is 5.32. The van der Waals surface area contributed by atoms with E-state index in [-0.39, 0.29) is 11.9 Å². The van der Waals surface area contributed by atoms with Gasteiger partial charge in [-0.25, -0.2) is 4.99 Å². The summed E-state index contributed by atoms with van der Waals surface area (Å²) >= 11 is 0. The van der Waals surface area contributed by atoms with Gasteiger partial charge in [0.25, 0.3) is 0 Å². The molecule has 0 atom stereocenters. The molecule has 8 nitrogen and oxygen atoms in total. The number of nitrogens with two attached hydrogens (primary N) is 3. The lowest BCUT2D eigenvalue weighted by Crippen LogP contribution is -2.26. The molecule has 0 spiro atoms. The molecular formula is C8H10N8. The Kier molecular flexibility index (Phi) is 2.38. The maximum Gasteiger partial charge on any atom is 0.223 e. The van der Waals surface area contributed by atoms with Gasteiger partial charge in [-0.2, -0.15) is 20.4 Å². The number of para-hydroxylation sites is 1. The molecule has 82 valence electrons. The highest BCUT2D eigenvalue weighted by atomic mass is 15.3. The third-order valence-corrected chi connectivity index (χ3v) is 1.80. The van der Waals surface area contributed by atoms with Crippen LogP contribution < -0.4 is 17.2 Å². The minimum Gasteiger partial charge on any atom is -0.370 e. The number of aliphatic imine (C=N–C) groups is 2. The Bertz CT molecular complexity index is 562. The molecule has 0 bridgehead atoms. The van der Waals surface area contributed by atoms with Crippen molar-refractivity contribution < 1.29 is 0 Å². The summed E-state index contributed by atoms with van der Waals surface area (Å²) < 4.78 is 0. The van der Waals surface area contributed by atoms with E-state index >= 15 is 0 Å². The minimum absolute atomic E-state index is 0.0319. The lowest BCUT2D eigenvalue weighted by atomic mass is 10.3. The number of benzene rings is 1. The van der Waals surface area contributed by atoms with E-state index in [0.29, 0.717) is 16.7 Å². The largest absolute Gasteiger partial charge is 0.370 e. The standard InChI is InChI=1S/C8H10N8/c9-7(10)13-8(11)12-4-2-1-3-5-6(4)15-16-14-5/h1-3H,(H,14,15,16)(H6,9,10,11,12,13). The van der Waals surface area contributed by atoms with Gasteiger partial charge in [-0.05, 0) is 12.1 Å². The second-order valence-corrected chi connectivity index (χ2v) is 2.98. The predicted molar refractivity (Wildman–Crippen MR) is 61.0 cm³/mol. The third-order valence-electron chi connectivity index (χ3n) is 1.80. The van der Waals surface area contributed by atoms with Crippen LogP contribution in [-0.2, 0) is 0 Å². The molecule has 0 saturated heterocycles. The van der Waals surface area contributed by atoms with E-state index < -0.39 is 0 Å². The maximum absolute atomic E-state index is 5.51. The van der Waals surface area contributed by atoms with Gasteiger partial charge in [0.05, 0.1) is 5.69 Å². The van der Waals surface area contributed by atoms with Crippen LogP contribution in [0.3, 0.4) is 0 Å². The lowest BCUT2D eigenvalue weighted by molar-refractivity contribution is 0.959. The summed E-state index contributed by atoms with van der Waals surface area (Å²) in [5.74, 6) is -0.177. The SMILES string of the molecule is NC(N)=NC(N)=Nc1cccc2n[nH]nc12. The van der Waals surface area contributed by atoms with E-state index in [0.717, 1.165) is 0 Å². The predicted octanol–water partition coefficient (Wildman–Crippen LogP) is -0.822. The van der Waals surface area contributed by atoms with Gasteiger partial charge in [0, 0.05) is 0 Å². The highest BCUT2D eigenvalue weighted by Crippen LogP contribution is 2.21. The summed E-state index contributed by atoms with van der Waals surface area (Å²) in [7, 11) is 0. The molecule has 1 aromatic carbocycles. The van der Waals surface area contributed by atoms with Gasteiger partial charge in [0.15, 0.2) is 5.96 Å². The fraction of sp³-hybridized carbons (Fsp3) is 0. The minimum atomic E-state index is -0.145. The zero-order valence-corrected chi connectivity index (χ0v) is 8.25. The molecule has 0 amide bonds. The zero-order chi connectivity index (χ0) is 11.5. The van der Waals surface area contributed by atoms with Crippen molar-refractivity contribution in [1.29, 1.82) is 0 Å². The third kappa shape index (κ3) is 1.90. The van der Waals surface area contributed by atoms with Gasteiger partial charge in [-0.15, -0.1) is 0 Å². The Morgan fingerprint density at radius 2 is 2.00 bits per heavy atom. The smallest absolute Gasteiger partial charge is 0.223 e. The molecule has 0 fully saturated rings. The molecule has 8 heteroatoms. The van der Waals surface area contributed by atoms with Crippen LogP contribution in [0.25, 0.3) is 11.0 Å². The molecule has 2 aromatic rings. The van der Waals surface area contributed by atoms with Gasteiger partial charge >= 0.3 is 0 Å². The van der Waals surface area contributed by atoms with Crippen molar-refractivity contribution in [1.82, 2.24) is 15.4 Å². The van der Waals surface area contributed by atoms with E-state index in [1.165, 1.54) is 0 Å². The Labute approximate surface area is 90.2 Å². The Morgan fingerprint density at radius 3 is 2.75 bits per heavy atom. The first-order valence-electron chi connectivity index (χ1n) is 4.40. The number of aromatic nitrogens is 3. The van der Waals surface area contributed by atoms with Crippen molar-refractivity contribution in [2.45, 2.75) is 0 Å². The number of aromatic amines is 1. The molecule has 7 N–H and O–H groups in total. The fourth-order valence-corrected chi connectivity index (χ4v) is 1.22. The van der Waals surface area contributed by atoms with E-state index in [9.17, 15) is 0 Å². The molecule has 0 aliphatic carbocycles. The molecular weight excluding hydrogens is 208 g/mol. The molecule has 0 saturated carbocycles. The maximum atomic E-state index is 5.51. The molecule has 0 radical (unpaired) electrons. The van der Waals surface area contributed by atoms with Gasteiger partial charge < -0.3 is 17.2 Å². The number of guanidine groups is 2. The first kappa shape index (κ1) is 9.90. The molecule has 1 aromatic heterocycles. The first-order valence-corrected chi connectivity index (χ1v) is 4.40. The fourth-order valence-electron chi connectivity index (χ4n) is 1.22. The Hall–Kier alpha value is -2.64. The number of hydrogen-bond acceptors (Lipinski definition) is 3. The monoisotopic (exact) mass is 218 g/mol. The molecule has 2 rings (SSSR count). The summed E-state index contributed by atoms with van der Waals surface area (Å²) in [5, 5.41) is 10.4. The van der Waals surface area contributed by atoms with Crippen molar-refractivity contribution in [3.8, 4) is 0 Å². The molecule has 0 aliphatic rings. The Balaban J connectivity index is 2.48. The normalized spacial score (nSPS) is 11.6. The van der Waals surface area contributed by atoms with Gasteiger partial charge in [-0.3, -0.25) is 0 Å². The molecule has 0 unspecified atom stereocenters. The van der Waals surface area contributed by atoms with Crippen molar-refractivity contribution in [2.24, 2.45) is 27.2 Å². The summed E-state index contributed by atoms with van der Waals surface area (Å²) in [6.07, 6.45) is 0. The molecule has 0 aliphatic heterocycles. The van der Waals surface area contributed by atoms with E-state index in [1.54, 1.807) is 18.2 Å². The summed E-state index contributed by atoms with van der Waals surface area (Å²) in [4.78, 5) is 7.63. The van der Waals surface area contributed by atoms with Crippen LogP contribution >= 0.6 is 0 Å². The Morgan fingerprint density at radius 1 is 1.19 bits per heavy atom. The zero-order valence-electron chi connectivity index (χ0n) is 8.25.